The van der Waals surface area contributed by atoms with Crippen LogP contribution in [-0.2, 0) is 6.54 Å². The summed E-state index contributed by atoms with van der Waals surface area (Å²) in [5.41, 5.74) is 3.35. The molecule has 4 nitrogen and oxygen atoms in total. The lowest BCUT2D eigenvalue weighted by Crippen LogP contribution is -2.21. The average molecular weight is 262 g/mol. The molecule has 1 N–H and O–H groups in total. The van der Waals surface area contributed by atoms with E-state index in [1.54, 1.807) is 0 Å². The fraction of sp³-hybridized carbons (Fsp3) is 0.385. The quantitative estimate of drug-likeness (QED) is 0.869. The number of benzene rings is 1. The number of aromatic nitrogens is 2. The van der Waals surface area contributed by atoms with Gasteiger partial charge in [-0.2, -0.15) is 0 Å². The van der Waals surface area contributed by atoms with Crippen LogP contribution in [0.25, 0.3) is 0 Å². The highest BCUT2D eigenvalue weighted by atomic mass is 32.1. The van der Waals surface area contributed by atoms with Gasteiger partial charge in [-0.1, -0.05) is 4.49 Å². The van der Waals surface area contributed by atoms with E-state index in [0.717, 1.165) is 31.0 Å². The molecular formula is C13H18N4S. The second-order valence-electron chi connectivity index (χ2n) is 3.97. The lowest BCUT2D eigenvalue weighted by atomic mass is 10.2. The Morgan fingerprint density at radius 3 is 2.44 bits per heavy atom. The SMILES string of the molecule is CCN(CC)c1ccc(NCc2csnn2)cc1. The zero-order valence-electron chi connectivity index (χ0n) is 10.8. The minimum atomic E-state index is 0.723. The van der Waals surface area contributed by atoms with Crippen molar-refractivity contribution in [1.82, 2.24) is 9.59 Å². The minimum Gasteiger partial charge on any atom is -0.379 e. The van der Waals surface area contributed by atoms with Gasteiger partial charge in [0.25, 0.3) is 0 Å². The van der Waals surface area contributed by atoms with E-state index in [0.29, 0.717) is 0 Å². The molecule has 1 aromatic carbocycles. The fourth-order valence-electron chi connectivity index (χ4n) is 1.83. The van der Waals surface area contributed by atoms with E-state index in [4.69, 9.17) is 0 Å². The maximum atomic E-state index is 4.00. The van der Waals surface area contributed by atoms with Crippen LogP contribution < -0.4 is 10.2 Å². The van der Waals surface area contributed by atoms with Crippen LogP contribution >= 0.6 is 11.5 Å². The topological polar surface area (TPSA) is 41.0 Å². The molecule has 0 unspecified atom stereocenters. The van der Waals surface area contributed by atoms with Crippen molar-refractivity contribution in [3.63, 3.8) is 0 Å². The standard InChI is InChI=1S/C13H18N4S/c1-3-17(4-2)13-7-5-11(6-8-13)14-9-12-10-18-16-15-12/h5-8,10,14H,3-4,9H2,1-2H3. The predicted octanol–water partition coefficient (Wildman–Crippen LogP) is 3.00. The van der Waals surface area contributed by atoms with Crippen molar-refractivity contribution in [2.24, 2.45) is 0 Å². The maximum absolute atomic E-state index is 4.00. The molecule has 96 valence electrons. The van der Waals surface area contributed by atoms with Crippen molar-refractivity contribution >= 4 is 22.9 Å². The van der Waals surface area contributed by atoms with Gasteiger partial charge in [0, 0.05) is 29.8 Å². The van der Waals surface area contributed by atoms with Gasteiger partial charge in [-0.15, -0.1) is 5.10 Å². The van der Waals surface area contributed by atoms with E-state index in [-0.39, 0.29) is 0 Å². The Morgan fingerprint density at radius 1 is 1.17 bits per heavy atom. The second kappa shape index (κ2) is 6.35. The average Bonchev–Trinajstić information content (AvgIpc) is 2.92. The van der Waals surface area contributed by atoms with Crippen molar-refractivity contribution in [3.05, 3.63) is 35.3 Å². The second-order valence-corrected chi connectivity index (χ2v) is 4.58. The van der Waals surface area contributed by atoms with E-state index in [1.807, 2.05) is 5.38 Å². The molecule has 18 heavy (non-hydrogen) atoms. The van der Waals surface area contributed by atoms with Crippen LogP contribution in [0.4, 0.5) is 11.4 Å². The van der Waals surface area contributed by atoms with Crippen LogP contribution in [0.15, 0.2) is 29.6 Å². The number of anilines is 2. The Labute approximate surface area is 112 Å². The Morgan fingerprint density at radius 2 is 1.89 bits per heavy atom. The van der Waals surface area contributed by atoms with E-state index >= 15 is 0 Å². The molecule has 0 aliphatic rings. The summed E-state index contributed by atoms with van der Waals surface area (Å²) in [6.45, 7) is 7.14. The molecule has 2 aromatic rings. The van der Waals surface area contributed by atoms with Gasteiger partial charge in [0.1, 0.15) is 0 Å². The fourth-order valence-corrected chi connectivity index (χ4v) is 2.28. The molecule has 0 saturated carbocycles. The number of nitrogens with one attached hydrogen (secondary N) is 1. The molecule has 0 aliphatic carbocycles. The summed E-state index contributed by atoms with van der Waals surface area (Å²) in [6, 6.07) is 8.50. The number of hydrogen-bond donors (Lipinski definition) is 1. The third-order valence-electron chi connectivity index (χ3n) is 2.87. The van der Waals surface area contributed by atoms with Gasteiger partial charge in [-0.3, -0.25) is 0 Å². The molecule has 0 amide bonds. The smallest absolute Gasteiger partial charge is 0.0946 e. The molecular weight excluding hydrogens is 244 g/mol. The van der Waals surface area contributed by atoms with Crippen LogP contribution in [0.1, 0.15) is 19.5 Å². The molecule has 0 bridgehead atoms. The van der Waals surface area contributed by atoms with Gasteiger partial charge in [-0.25, -0.2) is 0 Å². The van der Waals surface area contributed by atoms with Crippen LogP contribution in [-0.4, -0.2) is 22.7 Å². The van der Waals surface area contributed by atoms with Gasteiger partial charge >= 0.3 is 0 Å². The first-order chi connectivity index (χ1) is 8.83. The maximum Gasteiger partial charge on any atom is 0.0946 e. The molecule has 0 spiro atoms. The molecule has 1 heterocycles. The van der Waals surface area contributed by atoms with Gasteiger partial charge in [0.15, 0.2) is 0 Å². The summed E-state index contributed by atoms with van der Waals surface area (Å²) in [5, 5.41) is 9.29. The summed E-state index contributed by atoms with van der Waals surface area (Å²) >= 11 is 1.38. The Bertz CT molecular complexity index is 448. The van der Waals surface area contributed by atoms with Crippen LogP contribution in [0.5, 0.6) is 0 Å². The van der Waals surface area contributed by atoms with Crippen molar-refractivity contribution < 1.29 is 0 Å². The first-order valence-electron chi connectivity index (χ1n) is 6.18. The molecule has 2 rings (SSSR count). The lowest BCUT2D eigenvalue weighted by molar-refractivity contribution is 0.866. The Hall–Kier alpha value is -1.62. The zero-order chi connectivity index (χ0) is 12.8. The number of nitrogens with zero attached hydrogens (tertiary/aromatic N) is 3. The van der Waals surface area contributed by atoms with Crippen molar-refractivity contribution in [3.8, 4) is 0 Å². The molecule has 0 radical (unpaired) electrons. The molecule has 0 fully saturated rings. The third kappa shape index (κ3) is 3.20. The van der Waals surface area contributed by atoms with Gasteiger partial charge in [0.05, 0.1) is 12.2 Å². The van der Waals surface area contributed by atoms with Crippen LogP contribution in [0.3, 0.4) is 0 Å². The minimum absolute atomic E-state index is 0.723. The van der Waals surface area contributed by atoms with Crippen molar-refractivity contribution in [2.75, 3.05) is 23.3 Å². The molecule has 0 atom stereocenters. The van der Waals surface area contributed by atoms with E-state index in [1.165, 1.54) is 17.2 Å². The van der Waals surface area contributed by atoms with E-state index in [2.05, 4.69) is 57.9 Å². The van der Waals surface area contributed by atoms with Gasteiger partial charge in [0.2, 0.25) is 0 Å². The van der Waals surface area contributed by atoms with Crippen LogP contribution in [0, 0.1) is 0 Å². The van der Waals surface area contributed by atoms with Crippen LogP contribution in [0.2, 0.25) is 0 Å². The molecule has 0 aliphatic heterocycles. The first-order valence-corrected chi connectivity index (χ1v) is 7.02. The van der Waals surface area contributed by atoms with E-state index < -0.39 is 0 Å². The highest BCUT2D eigenvalue weighted by Crippen LogP contribution is 2.18. The lowest BCUT2D eigenvalue weighted by Gasteiger charge is -2.21. The Balaban J connectivity index is 1.95. The van der Waals surface area contributed by atoms with Crippen molar-refractivity contribution in [1.29, 1.82) is 0 Å². The largest absolute Gasteiger partial charge is 0.379 e. The molecule has 5 heteroatoms. The molecule has 0 saturated heterocycles. The monoisotopic (exact) mass is 262 g/mol. The number of rotatable bonds is 6. The highest BCUT2D eigenvalue weighted by Gasteiger charge is 2.01. The summed E-state index contributed by atoms with van der Waals surface area (Å²) in [6.07, 6.45) is 0. The first kappa shape index (κ1) is 12.8. The summed E-state index contributed by atoms with van der Waals surface area (Å²) in [7, 11) is 0. The summed E-state index contributed by atoms with van der Waals surface area (Å²) < 4.78 is 3.84. The Kier molecular flexibility index (Phi) is 4.52. The zero-order valence-corrected chi connectivity index (χ0v) is 11.6. The highest BCUT2D eigenvalue weighted by molar-refractivity contribution is 7.03. The van der Waals surface area contributed by atoms with Crippen molar-refractivity contribution in [2.45, 2.75) is 20.4 Å². The summed E-state index contributed by atoms with van der Waals surface area (Å²) in [5.74, 6) is 0. The van der Waals surface area contributed by atoms with E-state index in [9.17, 15) is 0 Å². The number of hydrogen-bond acceptors (Lipinski definition) is 5. The van der Waals surface area contributed by atoms with Gasteiger partial charge < -0.3 is 10.2 Å². The van der Waals surface area contributed by atoms with Gasteiger partial charge in [-0.05, 0) is 49.6 Å². The normalized spacial score (nSPS) is 10.3. The summed E-state index contributed by atoms with van der Waals surface area (Å²) in [4.78, 5) is 2.33. The predicted molar refractivity (Wildman–Crippen MR) is 77.2 cm³/mol. The third-order valence-corrected chi connectivity index (χ3v) is 3.43. The molecule has 1 aromatic heterocycles.